The maximum absolute atomic E-state index is 13.4. The van der Waals surface area contributed by atoms with Crippen LogP contribution in [-0.4, -0.2) is 72.9 Å². The molecule has 0 aromatic heterocycles. The van der Waals surface area contributed by atoms with Crippen LogP contribution in [0.25, 0.3) is 0 Å². The molecule has 1 heterocycles. The Morgan fingerprint density at radius 3 is 1.93 bits per heavy atom. The van der Waals surface area contributed by atoms with E-state index in [0.29, 0.717) is 6.42 Å². The Balaban J connectivity index is 1.42. The number of benzene rings is 3. The average Bonchev–Trinajstić information content (AvgIpc) is 3.03. The summed E-state index contributed by atoms with van der Waals surface area (Å²) in [6.45, 7) is 5.67. The highest BCUT2D eigenvalue weighted by Gasteiger charge is 2.65. The zero-order chi connectivity index (χ0) is 33.1. The molecule has 1 aliphatic heterocycles. The molecule has 3 aliphatic rings. The van der Waals surface area contributed by atoms with Gasteiger partial charge in [-0.2, -0.15) is 16.8 Å². The molecule has 1 saturated carbocycles. The minimum absolute atomic E-state index is 0.00782. The maximum Gasteiger partial charge on any atom is 0.296 e. The van der Waals surface area contributed by atoms with Crippen molar-refractivity contribution in [2.45, 2.75) is 67.4 Å². The summed E-state index contributed by atoms with van der Waals surface area (Å²) in [5, 5.41) is 12.4. The number of likely N-dealkylation sites (tertiary alicyclic amines) is 1. The molecule has 0 radical (unpaired) electrons. The van der Waals surface area contributed by atoms with Crippen LogP contribution in [0, 0.1) is 31.1 Å². The largest absolute Gasteiger partial charge is 0.497 e. The van der Waals surface area contributed by atoms with E-state index in [-0.39, 0.29) is 27.7 Å². The second-order valence-corrected chi connectivity index (χ2v) is 16.8. The van der Waals surface area contributed by atoms with Gasteiger partial charge in [0.15, 0.2) is 0 Å². The molecule has 1 N–H and O–H groups in total. The predicted molar refractivity (Wildman–Crippen MR) is 174 cm³/mol. The first-order chi connectivity index (χ1) is 21.7. The zero-order valence-corrected chi connectivity index (χ0v) is 28.6. The van der Waals surface area contributed by atoms with Crippen molar-refractivity contribution >= 4 is 20.2 Å². The van der Waals surface area contributed by atoms with Crippen LogP contribution in [0.2, 0.25) is 0 Å². The number of likely N-dealkylation sites (N-methyl/N-ethyl adjacent to an activating group) is 1. The first kappa shape index (κ1) is 33.1. The number of aliphatic hydroxyl groups excluding tert-OH is 1. The van der Waals surface area contributed by atoms with Gasteiger partial charge in [0, 0.05) is 16.9 Å². The Hall–Kier alpha value is -2.80. The summed E-state index contributed by atoms with van der Waals surface area (Å²) >= 11 is 0. The van der Waals surface area contributed by atoms with Crippen LogP contribution in [0.3, 0.4) is 0 Å². The molecular formula is C35H43NO8S2. The Kier molecular flexibility index (Phi) is 8.65. The molecule has 46 heavy (non-hydrogen) atoms. The summed E-state index contributed by atoms with van der Waals surface area (Å²) in [6, 6.07) is 18.9. The average molecular weight is 670 g/mol. The van der Waals surface area contributed by atoms with E-state index in [1.807, 2.05) is 26.8 Å². The SMILES string of the molecule is COc1ccc2c(c1)C13CCN(C)C(C2)C1CC(COS(=O)(=O)c1ccc(C)cc1)(COS(=O)(=O)c1ccc(C)cc1)[C@@H](O)[C@@H]3C. The number of piperidine rings is 1. The van der Waals surface area contributed by atoms with Crippen molar-refractivity contribution in [2.24, 2.45) is 17.3 Å². The Morgan fingerprint density at radius 1 is 0.870 bits per heavy atom. The van der Waals surface area contributed by atoms with Gasteiger partial charge >= 0.3 is 0 Å². The minimum Gasteiger partial charge on any atom is -0.497 e. The van der Waals surface area contributed by atoms with Gasteiger partial charge in [-0.05, 0) is 106 Å². The molecule has 2 bridgehead atoms. The van der Waals surface area contributed by atoms with Gasteiger partial charge in [-0.3, -0.25) is 8.37 Å². The highest BCUT2D eigenvalue weighted by atomic mass is 32.2. The standard InChI is InChI=1S/C35H43NO8S2/c1-23-6-12-28(13-7-23)45(38,39)43-21-34(22-44-46(40,41)29-14-8-24(2)9-15-29)20-31-32-18-26-10-11-27(42-5)19-30(26)35(31,16-17-36(32)4)25(3)33(34)37/h6-15,19,25,31-33,37H,16-18,20-22H2,1-5H3/t25-,31?,32?,33-,35?/m0/s1. The molecule has 6 rings (SSSR count). The molecule has 2 aliphatic carbocycles. The summed E-state index contributed by atoms with van der Waals surface area (Å²) in [7, 11) is -4.72. The lowest BCUT2D eigenvalue weighted by Gasteiger charge is -2.65. The van der Waals surface area contributed by atoms with Crippen molar-refractivity contribution < 1.29 is 35.0 Å². The Morgan fingerprint density at radius 2 is 1.41 bits per heavy atom. The zero-order valence-electron chi connectivity index (χ0n) is 27.0. The van der Waals surface area contributed by atoms with Crippen LogP contribution in [0.5, 0.6) is 5.75 Å². The van der Waals surface area contributed by atoms with Crippen molar-refractivity contribution in [2.75, 3.05) is 33.9 Å². The highest BCUT2D eigenvalue weighted by molar-refractivity contribution is 7.87. The normalized spacial score (nSPS) is 27.4. The first-order valence-electron chi connectivity index (χ1n) is 15.7. The third-order valence-corrected chi connectivity index (χ3v) is 13.5. The van der Waals surface area contributed by atoms with Crippen LogP contribution in [0.15, 0.2) is 76.5 Å². The van der Waals surface area contributed by atoms with Gasteiger partial charge in [0.2, 0.25) is 0 Å². The smallest absolute Gasteiger partial charge is 0.296 e. The van der Waals surface area contributed by atoms with Gasteiger partial charge in [-0.1, -0.05) is 48.4 Å². The van der Waals surface area contributed by atoms with E-state index in [9.17, 15) is 21.9 Å². The number of fused-ring (bicyclic) bond motifs is 1. The molecule has 3 aromatic carbocycles. The second kappa shape index (κ2) is 12.0. The van der Waals surface area contributed by atoms with Crippen LogP contribution in [0.4, 0.5) is 0 Å². The molecule has 0 spiro atoms. The van der Waals surface area contributed by atoms with Crippen LogP contribution < -0.4 is 4.74 Å². The Bertz CT molecular complexity index is 1730. The van der Waals surface area contributed by atoms with E-state index >= 15 is 0 Å². The lowest BCUT2D eigenvalue weighted by Crippen LogP contribution is -2.69. The van der Waals surface area contributed by atoms with Gasteiger partial charge in [0.1, 0.15) is 5.75 Å². The topological polar surface area (TPSA) is 119 Å². The summed E-state index contributed by atoms with van der Waals surface area (Å²) < 4.78 is 70.9. The fraction of sp³-hybridized carbons (Fsp3) is 0.486. The molecule has 3 unspecified atom stereocenters. The summed E-state index contributed by atoms with van der Waals surface area (Å²) in [4.78, 5) is 2.32. The van der Waals surface area contributed by atoms with Crippen LogP contribution in [0.1, 0.15) is 42.0 Å². The van der Waals surface area contributed by atoms with E-state index < -0.39 is 50.4 Å². The molecule has 11 heteroatoms. The maximum atomic E-state index is 13.4. The minimum atomic E-state index is -4.23. The molecule has 9 nitrogen and oxygen atoms in total. The van der Waals surface area contributed by atoms with E-state index in [2.05, 4.69) is 24.1 Å². The van der Waals surface area contributed by atoms with Crippen molar-refractivity contribution in [1.82, 2.24) is 4.90 Å². The van der Waals surface area contributed by atoms with Gasteiger partial charge in [-0.15, -0.1) is 0 Å². The third-order valence-electron chi connectivity index (χ3n) is 11.0. The summed E-state index contributed by atoms with van der Waals surface area (Å²) in [5.41, 5.74) is 2.36. The number of nitrogens with zero attached hydrogens (tertiary/aromatic N) is 1. The lowest BCUT2D eigenvalue weighted by molar-refractivity contribution is -0.170. The van der Waals surface area contributed by atoms with Gasteiger partial charge in [0.05, 0.1) is 36.2 Å². The number of hydrogen-bond acceptors (Lipinski definition) is 9. The molecule has 3 aromatic rings. The fourth-order valence-electron chi connectivity index (χ4n) is 8.28. The van der Waals surface area contributed by atoms with Gasteiger partial charge < -0.3 is 14.7 Å². The second-order valence-electron chi connectivity index (χ2n) is 13.5. The molecule has 5 atom stereocenters. The molecular weight excluding hydrogens is 627 g/mol. The molecule has 2 fully saturated rings. The number of aryl methyl sites for hydroxylation is 2. The Labute approximate surface area is 272 Å². The van der Waals surface area contributed by atoms with Crippen molar-refractivity contribution in [3.8, 4) is 5.75 Å². The fourth-order valence-corrected chi connectivity index (χ4v) is 10.3. The van der Waals surface area contributed by atoms with Crippen LogP contribution >= 0.6 is 0 Å². The van der Waals surface area contributed by atoms with E-state index in [4.69, 9.17) is 13.1 Å². The number of rotatable bonds is 9. The summed E-state index contributed by atoms with van der Waals surface area (Å²) in [6.07, 6.45) is 0.708. The van der Waals surface area contributed by atoms with E-state index in [1.54, 1.807) is 31.4 Å². The molecule has 1 saturated heterocycles. The number of hydrogen-bond donors (Lipinski definition) is 1. The quantitative estimate of drug-likeness (QED) is 0.326. The van der Waals surface area contributed by atoms with Crippen molar-refractivity contribution in [1.29, 1.82) is 0 Å². The molecule has 248 valence electrons. The lowest BCUT2D eigenvalue weighted by atomic mass is 9.44. The molecule has 0 amide bonds. The number of ether oxygens (including phenoxy) is 1. The third kappa shape index (κ3) is 5.58. The monoisotopic (exact) mass is 669 g/mol. The first-order valence-corrected chi connectivity index (χ1v) is 18.5. The summed E-state index contributed by atoms with van der Waals surface area (Å²) in [5.74, 6) is 0.313. The van der Waals surface area contributed by atoms with Crippen LogP contribution in [-0.2, 0) is 40.4 Å². The number of methoxy groups -OCH3 is 1. The van der Waals surface area contributed by atoms with E-state index in [0.717, 1.165) is 41.8 Å². The van der Waals surface area contributed by atoms with E-state index in [1.165, 1.54) is 29.8 Å². The van der Waals surface area contributed by atoms with Crippen molar-refractivity contribution in [3.05, 3.63) is 89.0 Å². The number of aliphatic hydroxyl groups is 1. The van der Waals surface area contributed by atoms with Gasteiger partial charge in [0.25, 0.3) is 20.2 Å². The highest BCUT2D eigenvalue weighted by Crippen LogP contribution is 2.62. The predicted octanol–water partition coefficient (Wildman–Crippen LogP) is 4.62. The van der Waals surface area contributed by atoms with Gasteiger partial charge in [-0.25, -0.2) is 0 Å². The van der Waals surface area contributed by atoms with Crippen molar-refractivity contribution in [3.63, 3.8) is 0 Å².